The van der Waals surface area contributed by atoms with Crippen LogP contribution in [0.4, 0.5) is 0 Å². The minimum Gasteiger partial charge on any atom is -0.306 e. The summed E-state index contributed by atoms with van der Waals surface area (Å²) in [4.78, 5) is 15.7. The van der Waals surface area contributed by atoms with Gasteiger partial charge in [0.1, 0.15) is 0 Å². The van der Waals surface area contributed by atoms with Gasteiger partial charge < -0.3 is 4.90 Å². The molecule has 66 valence electrons. The molecule has 12 heavy (non-hydrogen) atoms. The van der Waals surface area contributed by atoms with E-state index < -0.39 is 0 Å². The van der Waals surface area contributed by atoms with Crippen LogP contribution in [0.3, 0.4) is 0 Å². The molecule has 0 aromatic heterocycles. The second kappa shape index (κ2) is 4.19. The van der Waals surface area contributed by atoms with E-state index in [-0.39, 0.29) is 0 Å². The number of likely N-dealkylation sites (tertiary alicyclic amines) is 1. The van der Waals surface area contributed by atoms with Gasteiger partial charge in [-0.25, -0.2) is 4.79 Å². The molecule has 1 rings (SSSR count). The molecule has 1 unspecified atom stereocenters. The number of carbonyl (C=O) groups excluding carboxylic acids is 1. The van der Waals surface area contributed by atoms with Gasteiger partial charge in [0, 0.05) is 12.2 Å². The van der Waals surface area contributed by atoms with Gasteiger partial charge in [0.05, 0.1) is 0 Å². The number of hydrogen-bond acceptors (Lipinski definition) is 3. The molecule has 0 aromatic carbocycles. The Kier molecular flexibility index (Phi) is 3.20. The lowest BCUT2D eigenvalue weighted by Gasteiger charge is -2.08. The summed E-state index contributed by atoms with van der Waals surface area (Å²) < 4.78 is 0. The summed E-state index contributed by atoms with van der Waals surface area (Å²) in [5.41, 5.74) is 0.658. The van der Waals surface area contributed by atoms with Crippen molar-refractivity contribution >= 4 is 6.08 Å². The van der Waals surface area contributed by atoms with Gasteiger partial charge in [0.2, 0.25) is 6.08 Å². The van der Waals surface area contributed by atoms with E-state index >= 15 is 0 Å². The van der Waals surface area contributed by atoms with Crippen LogP contribution < -0.4 is 0 Å². The number of allylic oxidation sites excluding steroid dienone is 1. The van der Waals surface area contributed by atoms with Crippen LogP contribution >= 0.6 is 0 Å². The summed E-state index contributed by atoms with van der Waals surface area (Å²) in [5.74, 6) is 0.625. The number of isocyanates is 1. The minimum absolute atomic E-state index is 0.625. The lowest BCUT2D eigenvalue weighted by molar-refractivity contribution is 0.394. The topological polar surface area (TPSA) is 32.7 Å². The third kappa shape index (κ3) is 2.61. The van der Waals surface area contributed by atoms with Crippen molar-refractivity contribution < 1.29 is 4.79 Å². The molecule has 1 saturated heterocycles. The zero-order valence-corrected chi connectivity index (χ0v) is 7.42. The molecule has 0 aliphatic carbocycles. The van der Waals surface area contributed by atoms with Crippen LogP contribution in [0.15, 0.2) is 17.3 Å². The zero-order chi connectivity index (χ0) is 8.97. The van der Waals surface area contributed by atoms with Gasteiger partial charge in [-0.1, -0.05) is 6.58 Å². The van der Waals surface area contributed by atoms with Crippen molar-refractivity contribution in [2.45, 2.75) is 12.8 Å². The van der Waals surface area contributed by atoms with Gasteiger partial charge in [-0.15, -0.1) is 0 Å². The first-order chi connectivity index (χ1) is 5.72. The van der Waals surface area contributed by atoms with E-state index in [9.17, 15) is 4.79 Å². The first kappa shape index (κ1) is 9.17. The average Bonchev–Trinajstić information content (AvgIpc) is 2.36. The first-order valence-electron chi connectivity index (χ1n) is 4.16. The first-order valence-corrected chi connectivity index (χ1v) is 4.16. The maximum atomic E-state index is 9.89. The Hall–Kier alpha value is -0.920. The van der Waals surface area contributed by atoms with Crippen LogP contribution in [0.5, 0.6) is 0 Å². The number of aliphatic imine (C=N–C) groups is 1. The fourth-order valence-electron chi connectivity index (χ4n) is 1.64. The van der Waals surface area contributed by atoms with Crippen molar-refractivity contribution in [1.82, 2.24) is 4.90 Å². The Morgan fingerprint density at radius 3 is 3.08 bits per heavy atom. The summed E-state index contributed by atoms with van der Waals surface area (Å²) in [6.45, 7) is 5.92. The maximum Gasteiger partial charge on any atom is 0.240 e. The van der Waals surface area contributed by atoms with E-state index in [1.165, 1.54) is 12.5 Å². The molecule has 0 N–H and O–H groups in total. The smallest absolute Gasteiger partial charge is 0.240 e. The molecule has 0 aromatic rings. The van der Waals surface area contributed by atoms with E-state index in [1.54, 1.807) is 0 Å². The molecule has 0 amide bonds. The van der Waals surface area contributed by atoms with Crippen molar-refractivity contribution in [3.05, 3.63) is 12.3 Å². The maximum absolute atomic E-state index is 9.89. The molecule has 3 nitrogen and oxygen atoms in total. The van der Waals surface area contributed by atoms with Crippen molar-refractivity contribution in [2.75, 3.05) is 20.1 Å². The third-order valence-electron chi connectivity index (χ3n) is 2.22. The molecule has 3 heteroatoms. The van der Waals surface area contributed by atoms with Gasteiger partial charge in [0.15, 0.2) is 0 Å². The van der Waals surface area contributed by atoms with Gasteiger partial charge in [-0.2, -0.15) is 4.99 Å². The van der Waals surface area contributed by atoms with Crippen LogP contribution in [0.2, 0.25) is 0 Å². The summed E-state index contributed by atoms with van der Waals surface area (Å²) >= 11 is 0. The fourth-order valence-corrected chi connectivity index (χ4v) is 1.64. The lowest BCUT2D eigenvalue weighted by atomic mass is 10.0. The van der Waals surface area contributed by atoms with Crippen molar-refractivity contribution in [3.63, 3.8) is 0 Å². The standard InChI is InChI=1S/C9H14N2O/c1-8(10-7-12)5-9-3-4-11(2)6-9/h9H,1,3-6H2,2H3. The Morgan fingerprint density at radius 2 is 2.58 bits per heavy atom. The second-order valence-electron chi connectivity index (χ2n) is 3.39. The number of rotatable bonds is 3. The molecule has 0 radical (unpaired) electrons. The van der Waals surface area contributed by atoms with E-state index in [1.807, 2.05) is 0 Å². The van der Waals surface area contributed by atoms with E-state index in [4.69, 9.17) is 0 Å². The van der Waals surface area contributed by atoms with E-state index in [0.29, 0.717) is 11.6 Å². The van der Waals surface area contributed by atoms with Crippen LogP contribution in [-0.4, -0.2) is 31.1 Å². The Balaban J connectivity index is 2.32. The molecular weight excluding hydrogens is 152 g/mol. The highest BCUT2D eigenvalue weighted by Gasteiger charge is 2.19. The summed E-state index contributed by atoms with van der Waals surface area (Å²) in [5, 5.41) is 0. The molecule has 0 saturated carbocycles. The predicted molar refractivity (Wildman–Crippen MR) is 47.5 cm³/mol. The Bertz CT molecular complexity index is 219. The van der Waals surface area contributed by atoms with Crippen LogP contribution in [-0.2, 0) is 4.79 Å². The number of nitrogens with zero attached hydrogens (tertiary/aromatic N) is 2. The SMILES string of the molecule is C=C(CC1CCN(C)C1)N=C=O. The highest BCUT2D eigenvalue weighted by Crippen LogP contribution is 2.21. The molecule has 0 spiro atoms. The normalized spacial score (nSPS) is 23.6. The number of hydrogen-bond donors (Lipinski definition) is 0. The van der Waals surface area contributed by atoms with Crippen LogP contribution in [0.25, 0.3) is 0 Å². The Labute approximate surface area is 72.8 Å². The average molecular weight is 166 g/mol. The molecule has 1 aliphatic rings. The predicted octanol–water partition coefficient (Wildman–Crippen LogP) is 1.18. The monoisotopic (exact) mass is 166 g/mol. The molecular formula is C9H14N2O. The van der Waals surface area contributed by atoms with Crippen molar-refractivity contribution in [3.8, 4) is 0 Å². The molecule has 1 atom stereocenters. The summed E-state index contributed by atoms with van der Waals surface area (Å²) in [7, 11) is 2.10. The molecule has 0 bridgehead atoms. The van der Waals surface area contributed by atoms with E-state index in [2.05, 4.69) is 23.5 Å². The zero-order valence-electron chi connectivity index (χ0n) is 7.42. The molecule has 1 heterocycles. The fraction of sp³-hybridized carbons (Fsp3) is 0.667. The summed E-state index contributed by atoms with van der Waals surface area (Å²) in [6, 6.07) is 0. The van der Waals surface area contributed by atoms with E-state index in [0.717, 1.165) is 19.5 Å². The third-order valence-corrected chi connectivity index (χ3v) is 2.22. The Morgan fingerprint density at radius 1 is 1.83 bits per heavy atom. The molecule has 1 fully saturated rings. The quantitative estimate of drug-likeness (QED) is 0.466. The molecule has 1 aliphatic heterocycles. The van der Waals surface area contributed by atoms with Gasteiger partial charge in [-0.05, 0) is 32.4 Å². The second-order valence-corrected chi connectivity index (χ2v) is 3.39. The summed E-state index contributed by atoms with van der Waals surface area (Å²) in [6.07, 6.45) is 3.53. The van der Waals surface area contributed by atoms with Crippen molar-refractivity contribution in [1.29, 1.82) is 0 Å². The van der Waals surface area contributed by atoms with Crippen LogP contribution in [0.1, 0.15) is 12.8 Å². The van der Waals surface area contributed by atoms with Crippen molar-refractivity contribution in [2.24, 2.45) is 10.9 Å². The van der Waals surface area contributed by atoms with Gasteiger partial charge >= 0.3 is 0 Å². The van der Waals surface area contributed by atoms with Crippen LogP contribution in [0, 0.1) is 5.92 Å². The van der Waals surface area contributed by atoms with Gasteiger partial charge in [-0.3, -0.25) is 0 Å². The largest absolute Gasteiger partial charge is 0.306 e. The highest BCUT2D eigenvalue weighted by molar-refractivity contribution is 5.36. The highest BCUT2D eigenvalue weighted by atomic mass is 16.1. The minimum atomic E-state index is 0.625. The van der Waals surface area contributed by atoms with Gasteiger partial charge in [0.25, 0.3) is 0 Å². The lowest BCUT2D eigenvalue weighted by Crippen LogP contribution is -2.13.